The number of aliphatic hydroxyl groups is 1. The molecular formula is C27H40Cl2N10O10. The number of nitrogens with one attached hydrogen (secondary N) is 3. The SMILES string of the molecule is NC(N)=NCCC[C@@H](NC(=O)[C@@H](CCCN=C(N)N)NC(=O)CCC(=O)OC[C@@H](NC(=O)C(Cl)Cl)[C@H](O)c1ccc([N+](=O)[O-])cc1)C(=O)O. The summed E-state index contributed by atoms with van der Waals surface area (Å²) in [6, 6.07) is 0.874. The van der Waals surface area contributed by atoms with Crippen molar-refractivity contribution in [2.75, 3.05) is 19.7 Å². The average Bonchev–Trinajstić information content (AvgIpc) is 3.03. The summed E-state index contributed by atoms with van der Waals surface area (Å²) < 4.78 is 5.14. The van der Waals surface area contributed by atoms with Gasteiger partial charge >= 0.3 is 11.9 Å². The van der Waals surface area contributed by atoms with Gasteiger partial charge in [0.1, 0.15) is 24.8 Å². The number of guanidine groups is 2. The lowest BCUT2D eigenvalue weighted by Crippen LogP contribution is -2.51. The number of halogens is 2. The maximum absolute atomic E-state index is 13.0. The Balaban J connectivity index is 2.88. The minimum absolute atomic E-state index is 0.00316. The fourth-order valence-electron chi connectivity index (χ4n) is 4.03. The molecule has 0 saturated heterocycles. The number of nitro benzene ring substituents is 1. The predicted molar refractivity (Wildman–Crippen MR) is 177 cm³/mol. The van der Waals surface area contributed by atoms with Gasteiger partial charge in [0.15, 0.2) is 16.8 Å². The van der Waals surface area contributed by atoms with Crippen LogP contribution in [0.15, 0.2) is 34.3 Å². The number of carbonyl (C=O) groups excluding carboxylic acids is 4. The second-order valence-corrected chi connectivity index (χ2v) is 11.4. The van der Waals surface area contributed by atoms with Gasteiger partial charge < -0.3 is 53.8 Å². The summed E-state index contributed by atoms with van der Waals surface area (Å²) in [6.07, 6.45) is -2.06. The van der Waals surface area contributed by atoms with Crippen molar-refractivity contribution in [1.29, 1.82) is 0 Å². The van der Waals surface area contributed by atoms with Gasteiger partial charge in [-0.25, -0.2) is 4.79 Å². The maximum Gasteiger partial charge on any atom is 0.326 e. The summed E-state index contributed by atoms with van der Waals surface area (Å²) in [7, 11) is 0. The second-order valence-electron chi connectivity index (χ2n) is 10.3. The van der Waals surface area contributed by atoms with E-state index in [4.69, 9.17) is 50.9 Å². The monoisotopic (exact) mass is 734 g/mol. The first-order chi connectivity index (χ1) is 23.0. The van der Waals surface area contributed by atoms with Crippen molar-refractivity contribution in [3.63, 3.8) is 0 Å². The van der Waals surface area contributed by atoms with E-state index in [1.807, 2.05) is 0 Å². The van der Waals surface area contributed by atoms with Gasteiger partial charge in [-0.15, -0.1) is 0 Å². The number of aliphatic hydroxyl groups excluding tert-OH is 1. The number of alkyl halides is 2. The van der Waals surface area contributed by atoms with Crippen molar-refractivity contribution >= 4 is 70.5 Å². The number of rotatable bonds is 22. The molecule has 0 aliphatic carbocycles. The minimum Gasteiger partial charge on any atom is -0.480 e. The summed E-state index contributed by atoms with van der Waals surface area (Å²) in [6.45, 7) is -0.382. The van der Waals surface area contributed by atoms with Crippen LogP contribution in [0.3, 0.4) is 0 Å². The second kappa shape index (κ2) is 21.8. The first-order valence-electron chi connectivity index (χ1n) is 14.6. The summed E-state index contributed by atoms with van der Waals surface area (Å²) in [5.74, 6) is -5.13. The third kappa shape index (κ3) is 17.1. The first kappa shape index (κ1) is 42.1. The number of non-ortho nitro benzene ring substituents is 1. The van der Waals surface area contributed by atoms with E-state index in [1.54, 1.807) is 0 Å². The van der Waals surface area contributed by atoms with E-state index in [1.165, 1.54) is 12.1 Å². The van der Waals surface area contributed by atoms with Crippen LogP contribution >= 0.6 is 23.2 Å². The summed E-state index contributed by atoms with van der Waals surface area (Å²) in [4.78, 5) is 78.4. The Morgan fingerprint density at radius 3 is 1.90 bits per heavy atom. The van der Waals surface area contributed by atoms with Crippen molar-refractivity contribution < 1.29 is 43.8 Å². The molecule has 0 bridgehead atoms. The molecule has 0 fully saturated rings. The molecule has 0 spiro atoms. The van der Waals surface area contributed by atoms with Crippen LogP contribution in [0, 0.1) is 10.1 Å². The van der Waals surface area contributed by atoms with Crippen LogP contribution in [-0.2, 0) is 28.7 Å². The summed E-state index contributed by atoms with van der Waals surface area (Å²) in [5.41, 5.74) is 21.0. The zero-order valence-electron chi connectivity index (χ0n) is 26.1. The lowest BCUT2D eigenvalue weighted by Gasteiger charge is -2.24. The molecule has 3 amide bonds. The molecule has 0 saturated carbocycles. The van der Waals surface area contributed by atoms with Gasteiger partial charge in [0.25, 0.3) is 11.6 Å². The molecule has 0 aromatic heterocycles. The lowest BCUT2D eigenvalue weighted by atomic mass is 10.0. The molecule has 49 heavy (non-hydrogen) atoms. The van der Waals surface area contributed by atoms with Gasteiger partial charge in [-0.2, -0.15) is 0 Å². The molecule has 0 heterocycles. The number of carbonyl (C=O) groups is 5. The summed E-state index contributed by atoms with van der Waals surface area (Å²) in [5, 5.41) is 38.4. The van der Waals surface area contributed by atoms with Crippen LogP contribution in [-0.4, -0.2) is 99.4 Å². The number of hydrogen-bond acceptors (Lipinski definition) is 11. The number of nitro groups is 1. The number of nitrogens with two attached hydrogens (primary N) is 4. The molecule has 0 aliphatic rings. The predicted octanol–water partition coefficient (Wildman–Crippen LogP) is -1.60. The normalized spacial score (nSPS) is 13.1. The molecule has 1 rings (SSSR count). The number of nitrogens with zero attached hydrogens (tertiary/aromatic N) is 3. The Bertz CT molecular complexity index is 1360. The van der Waals surface area contributed by atoms with Crippen molar-refractivity contribution in [2.24, 2.45) is 32.9 Å². The molecule has 22 heteroatoms. The maximum atomic E-state index is 13.0. The minimum atomic E-state index is -1.54. The Kier molecular flexibility index (Phi) is 18.7. The molecular weight excluding hydrogens is 695 g/mol. The molecule has 1 aromatic rings. The highest BCUT2D eigenvalue weighted by Crippen LogP contribution is 2.21. The van der Waals surface area contributed by atoms with E-state index >= 15 is 0 Å². The topological polar surface area (TPSA) is 343 Å². The third-order valence-corrected chi connectivity index (χ3v) is 6.89. The number of hydrogen-bond donors (Lipinski definition) is 9. The van der Waals surface area contributed by atoms with Crippen LogP contribution in [0.1, 0.15) is 50.2 Å². The van der Waals surface area contributed by atoms with Crippen LogP contribution in [0.2, 0.25) is 0 Å². The highest BCUT2D eigenvalue weighted by molar-refractivity contribution is 6.53. The number of esters is 1. The smallest absolute Gasteiger partial charge is 0.326 e. The van der Waals surface area contributed by atoms with Crippen molar-refractivity contribution in [3.8, 4) is 0 Å². The van der Waals surface area contributed by atoms with E-state index < -0.39 is 83.1 Å². The fourth-order valence-corrected chi connectivity index (χ4v) is 4.15. The highest BCUT2D eigenvalue weighted by atomic mass is 35.5. The molecule has 0 unspecified atom stereocenters. The van der Waals surface area contributed by atoms with Crippen molar-refractivity contribution in [2.45, 2.75) is 67.6 Å². The van der Waals surface area contributed by atoms with Gasteiger partial charge in [0.05, 0.1) is 17.4 Å². The van der Waals surface area contributed by atoms with Gasteiger partial charge in [0.2, 0.25) is 11.8 Å². The van der Waals surface area contributed by atoms with Crippen LogP contribution in [0.4, 0.5) is 5.69 Å². The molecule has 0 aliphatic heterocycles. The molecule has 20 nitrogen and oxygen atoms in total. The molecule has 272 valence electrons. The number of benzene rings is 1. The average molecular weight is 736 g/mol. The fraction of sp³-hybridized carbons (Fsp3) is 0.519. The number of carboxylic acid groups (broad SMARTS) is 1. The molecule has 1 aromatic carbocycles. The van der Waals surface area contributed by atoms with Gasteiger partial charge in [0, 0.05) is 31.6 Å². The van der Waals surface area contributed by atoms with Gasteiger partial charge in [-0.3, -0.25) is 39.3 Å². The van der Waals surface area contributed by atoms with Crippen LogP contribution < -0.4 is 38.9 Å². The Hall–Kier alpha value is -4.95. The van der Waals surface area contributed by atoms with E-state index in [9.17, 15) is 44.3 Å². The van der Waals surface area contributed by atoms with Gasteiger partial charge in [-0.1, -0.05) is 23.2 Å². The largest absolute Gasteiger partial charge is 0.480 e. The zero-order valence-corrected chi connectivity index (χ0v) is 27.6. The van der Waals surface area contributed by atoms with E-state index in [0.29, 0.717) is 0 Å². The number of carboxylic acids is 1. The van der Waals surface area contributed by atoms with E-state index in [-0.39, 0.29) is 61.9 Å². The highest BCUT2D eigenvalue weighted by Gasteiger charge is 2.29. The Labute approximate surface area is 290 Å². The standard InChI is InChI=1S/C27H40Cl2N10O10/c28-22(29)24(44)38-18(21(42)14-5-7-15(8-6-14)39(47)48)13-49-20(41)10-9-19(40)36-16(3-1-11-34-26(30)31)23(43)37-17(25(45)46)4-2-12-35-27(32)33/h5-8,16-18,21-22,42H,1-4,9-13H2,(H,36,40)(H,37,43)(H,38,44)(H,45,46)(H4,30,31,34)(H4,32,33,35)/t16-,17-,18-,21-/m1/s1. The number of amides is 3. The Morgan fingerprint density at radius 1 is 0.857 bits per heavy atom. The zero-order chi connectivity index (χ0) is 37.1. The number of aliphatic imine (C=N–C) groups is 2. The van der Waals surface area contributed by atoms with Crippen molar-refractivity contribution in [1.82, 2.24) is 16.0 Å². The van der Waals surface area contributed by atoms with Gasteiger partial charge in [-0.05, 0) is 43.4 Å². The lowest BCUT2D eigenvalue weighted by molar-refractivity contribution is -0.384. The number of ether oxygens (including phenoxy) is 1. The van der Waals surface area contributed by atoms with E-state index in [2.05, 4.69) is 25.9 Å². The quantitative estimate of drug-likeness (QED) is 0.0123. The van der Waals surface area contributed by atoms with Crippen molar-refractivity contribution in [3.05, 3.63) is 39.9 Å². The first-order valence-corrected chi connectivity index (χ1v) is 15.5. The number of aliphatic carboxylic acids is 1. The van der Waals surface area contributed by atoms with Crippen LogP contribution in [0.5, 0.6) is 0 Å². The Morgan fingerprint density at radius 2 is 1.41 bits per heavy atom. The van der Waals surface area contributed by atoms with E-state index in [0.717, 1.165) is 12.1 Å². The summed E-state index contributed by atoms with van der Waals surface area (Å²) >= 11 is 11.2. The molecule has 4 atom stereocenters. The molecule has 0 radical (unpaired) electrons. The van der Waals surface area contributed by atoms with Crippen LogP contribution in [0.25, 0.3) is 0 Å². The third-order valence-electron chi connectivity index (χ3n) is 6.49. The molecule has 13 N–H and O–H groups in total.